The number of carboxylic acids is 1. The number of terminal acetylenes is 1. The highest BCUT2D eigenvalue weighted by Crippen LogP contribution is 2.44. The Balaban J connectivity index is 1.64. The van der Waals surface area contributed by atoms with E-state index in [1.807, 2.05) is 50.2 Å². The van der Waals surface area contributed by atoms with Crippen molar-refractivity contribution < 1.29 is 24.2 Å². The Morgan fingerprint density at radius 3 is 2.18 bits per heavy atom. The second kappa shape index (κ2) is 10.7. The summed E-state index contributed by atoms with van der Waals surface area (Å²) in [5.74, 6) is 0.566. The van der Waals surface area contributed by atoms with Gasteiger partial charge in [0.15, 0.2) is 0 Å². The molecule has 0 spiro atoms. The lowest BCUT2D eigenvalue weighted by atomic mass is 9.98. The van der Waals surface area contributed by atoms with Crippen molar-refractivity contribution in [3.63, 3.8) is 0 Å². The lowest BCUT2D eigenvalue weighted by molar-refractivity contribution is -0.144. The van der Waals surface area contributed by atoms with Crippen LogP contribution in [0.25, 0.3) is 11.1 Å². The van der Waals surface area contributed by atoms with Crippen molar-refractivity contribution in [2.75, 3.05) is 19.7 Å². The number of fused-ring (bicyclic) bond motifs is 3. The molecule has 33 heavy (non-hydrogen) atoms. The second-order valence-electron chi connectivity index (χ2n) is 8.37. The van der Waals surface area contributed by atoms with Crippen molar-refractivity contribution >= 4 is 18.0 Å². The minimum absolute atomic E-state index is 0.0658. The van der Waals surface area contributed by atoms with Crippen molar-refractivity contribution in [1.29, 1.82) is 0 Å². The molecular weight excluding hydrogens is 420 g/mol. The first-order chi connectivity index (χ1) is 15.8. The van der Waals surface area contributed by atoms with Crippen LogP contribution in [0.3, 0.4) is 0 Å². The molecule has 0 bridgehead atoms. The van der Waals surface area contributed by atoms with Crippen LogP contribution in [0.4, 0.5) is 4.79 Å². The highest BCUT2D eigenvalue weighted by Gasteiger charge is 2.30. The van der Waals surface area contributed by atoms with E-state index in [0.29, 0.717) is 0 Å². The number of carboxylic acid groups (broad SMARTS) is 1. The molecule has 7 heteroatoms. The molecule has 2 aromatic carbocycles. The van der Waals surface area contributed by atoms with Crippen LogP contribution in [0.5, 0.6) is 0 Å². The van der Waals surface area contributed by atoms with Gasteiger partial charge < -0.3 is 20.1 Å². The smallest absolute Gasteiger partial charge is 0.407 e. The first-order valence-corrected chi connectivity index (χ1v) is 10.9. The second-order valence-corrected chi connectivity index (χ2v) is 8.37. The average Bonchev–Trinajstić information content (AvgIpc) is 3.10. The Bertz CT molecular complexity index is 1030. The van der Waals surface area contributed by atoms with Crippen LogP contribution in [0, 0.1) is 18.3 Å². The van der Waals surface area contributed by atoms with E-state index in [4.69, 9.17) is 16.3 Å². The summed E-state index contributed by atoms with van der Waals surface area (Å²) in [5.41, 5.74) is 4.50. The number of alkyl carbamates (subject to hydrolysis) is 1. The quantitative estimate of drug-likeness (QED) is 0.573. The maximum atomic E-state index is 12.6. The van der Waals surface area contributed by atoms with Crippen LogP contribution >= 0.6 is 0 Å². The van der Waals surface area contributed by atoms with Gasteiger partial charge in [0.2, 0.25) is 5.91 Å². The molecule has 0 aromatic heterocycles. The summed E-state index contributed by atoms with van der Waals surface area (Å²) in [6, 6.07) is 15.6. The number of benzene rings is 2. The van der Waals surface area contributed by atoms with Crippen LogP contribution in [-0.2, 0) is 14.3 Å². The number of aliphatic carboxylic acids is 1. The number of carbonyl (C=O) groups is 3. The number of carbonyl (C=O) groups excluding carboxylic acids is 2. The van der Waals surface area contributed by atoms with E-state index in [9.17, 15) is 14.4 Å². The molecule has 2 aromatic rings. The fourth-order valence-electron chi connectivity index (χ4n) is 4.07. The van der Waals surface area contributed by atoms with Gasteiger partial charge in [0.1, 0.15) is 13.2 Å². The number of nitrogens with zero attached hydrogens (tertiary/aromatic N) is 1. The van der Waals surface area contributed by atoms with Gasteiger partial charge in [-0.25, -0.2) is 4.79 Å². The zero-order valence-electron chi connectivity index (χ0n) is 18.8. The molecule has 0 heterocycles. The van der Waals surface area contributed by atoms with Gasteiger partial charge >= 0.3 is 12.1 Å². The van der Waals surface area contributed by atoms with Gasteiger partial charge in [-0.05, 0) is 28.2 Å². The Hall–Kier alpha value is -3.79. The summed E-state index contributed by atoms with van der Waals surface area (Å²) in [4.78, 5) is 37.3. The van der Waals surface area contributed by atoms with E-state index in [-0.39, 0.29) is 31.4 Å². The maximum absolute atomic E-state index is 12.6. The van der Waals surface area contributed by atoms with Crippen molar-refractivity contribution in [2.45, 2.75) is 32.2 Å². The third-order valence-electron chi connectivity index (χ3n) is 5.81. The highest BCUT2D eigenvalue weighted by molar-refractivity contribution is 5.82. The van der Waals surface area contributed by atoms with E-state index >= 15 is 0 Å². The monoisotopic (exact) mass is 448 g/mol. The molecule has 0 radical (unpaired) electrons. The molecule has 1 aliphatic rings. The minimum atomic E-state index is -1.15. The van der Waals surface area contributed by atoms with Crippen LogP contribution in [-0.4, -0.2) is 53.7 Å². The van der Waals surface area contributed by atoms with E-state index in [1.165, 1.54) is 0 Å². The Labute approximate surface area is 193 Å². The minimum Gasteiger partial charge on any atom is -0.480 e. The van der Waals surface area contributed by atoms with Crippen molar-refractivity contribution in [3.05, 3.63) is 59.7 Å². The van der Waals surface area contributed by atoms with Gasteiger partial charge in [-0.15, -0.1) is 6.42 Å². The molecule has 0 aliphatic heterocycles. The largest absolute Gasteiger partial charge is 0.480 e. The molecule has 0 unspecified atom stereocenters. The number of hydrogen-bond acceptors (Lipinski definition) is 4. The third-order valence-corrected chi connectivity index (χ3v) is 5.81. The van der Waals surface area contributed by atoms with Crippen molar-refractivity contribution in [1.82, 2.24) is 10.2 Å². The molecule has 172 valence electrons. The summed E-state index contributed by atoms with van der Waals surface area (Å²) in [6.07, 6.45) is 4.56. The first-order valence-electron chi connectivity index (χ1n) is 10.9. The summed E-state index contributed by atoms with van der Waals surface area (Å²) in [5, 5.41) is 11.8. The number of ether oxygens (including phenoxy) is 1. The van der Waals surface area contributed by atoms with Crippen LogP contribution in [0.1, 0.15) is 37.3 Å². The summed E-state index contributed by atoms with van der Waals surface area (Å²) >= 11 is 0. The third kappa shape index (κ3) is 5.72. The van der Waals surface area contributed by atoms with Gasteiger partial charge in [-0.2, -0.15) is 0 Å². The summed E-state index contributed by atoms with van der Waals surface area (Å²) in [7, 11) is 0. The van der Waals surface area contributed by atoms with Gasteiger partial charge in [-0.3, -0.25) is 9.59 Å². The zero-order chi connectivity index (χ0) is 24.0. The van der Waals surface area contributed by atoms with Gasteiger partial charge in [-0.1, -0.05) is 68.3 Å². The Morgan fingerprint density at radius 1 is 1.09 bits per heavy atom. The van der Waals surface area contributed by atoms with Gasteiger partial charge in [0, 0.05) is 18.4 Å². The van der Waals surface area contributed by atoms with Crippen LogP contribution in [0.2, 0.25) is 0 Å². The fourth-order valence-corrected chi connectivity index (χ4v) is 4.07. The summed E-state index contributed by atoms with van der Waals surface area (Å²) in [6.45, 7) is 3.30. The van der Waals surface area contributed by atoms with Gasteiger partial charge in [0.25, 0.3) is 0 Å². The maximum Gasteiger partial charge on any atom is 0.407 e. The lowest BCUT2D eigenvalue weighted by Crippen LogP contribution is -2.45. The van der Waals surface area contributed by atoms with Crippen molar-refractivity contribution in [3.8, 4) is 23.5 Å². The Morgan fingerprint density at radius 2 is 1.67 bits per heavy atom. The standard InChI is InChI=1S/C26H28N2O5/c1-4-13-28(15-25(30)31)24(29)14-23(17(2)3)27-26(32)33-16-22-20-11-7-5-9-18(20)19-10-6-8-12-21(19)22/h1,5-12,17,22-23H,13-16H2,2-3H3,(H,27,32)(H,30,31)/t23-/m1/s1. The van der Waals surface area contributed by atoms with Crippen molar-refractivity contribution in [2.24, 2.45) is 5.92 Å². The molecule has 2 amide bonds. The normalized spacial score (nSPS) is 12.9. The van der Waals surface area contributed by atoms with E-state index < -0.39 is 30.6 Å². The Kier molecular flexibility index (Phi) is 7.73. The average molecular weight is 449 g/mol. The molecule has 0 saturated heterocycles. The van der Waals surface area contributed by atoms with Gasteiger partial charge in [0.05, 0.1) is 6.54 Å². The molecule has 7 nitrogen and oxygen atoms in total. The fraction of sp³-hybridized carbons (Fsp3) is 0.346. The number of hydrogen-bond donors (Lipinski definition) is 2. The SMILES string of the molecule is C#CCN(CC(=O)O)C(=O)C[C@@H](NC(=O)OCC1c2ccccc2-c2ccccc21)C(C)C. The first kappa shape index (κ1) is 23.9. The molecule has 0 fully saturated rings. The molecule has 3 rings (SSSR count). The molecule has 1 atom stereocenters. The molecule has 0 saturated carbocycles. The summed E-state index contributed by atoms with van der Waals surface area (Å²) < 4.78 is 5.57. The number of rotatable bonds is 9. The lowest BCUT2D eigenvalue weighted by Gasteiger charge is -2.25. The van der Waals surface area contributed by atoms with E-state index in [2.05, 4.69) is 23.4 Å². The number of amides is 2. The highest BCUT2D eigenvalue weighted by atomic mass is 16.5. The molecule has 2 N–H and O–H groups in total. The molecular formula is C26H28N2O5. The topological polar surface area (TPSA) is 95.9 Å². The predicted octanol–water partition coefficient (Wildman–Crippen LogP) is 3.49. The van der Waals surface area contributed by atoms with E-state index in [0.717, 1.165) is 27.2 Å². The predicted molar refractivity (Wildman–Crippen MR) is 124 cm³/mol. The van der Waals surface area contributed by atoms with Crippen LogP contribution < -0.4 is 5.32 Å². The van der Waals surface area contributed by atoms with Crippen LogP contribution in [0.15, 0.2) is 48.5 Å². The van der Waals surface area contributed by atoms with E-state index in [1.54, 1.807) is 0 Å². The number of nitrogens with one attached hydrogen (secondary N) is 1. The zero-order valence-corrected chi connectivity index (χ0v) is 18.8. The molecule has 1 aliphatic carbocycles.